The molecule has 11 heteroatoms. The van der Waals surface area contributed by atoms with E-state index in [9.17, 15) is 31.2 Å². The molecule has 0 saturated heterocycles. The Morgan fingerprint density at radius 3 is 1.93 bits per heavy atom. The second-order valence-corrected chi connectivity index (χ2v) is 13.6. The van der Waals surface area contributed by atoms with E-state index in [2.05, 4.69) is 43.5 Å². The normalized spacial score (nSPS) is 12.8. The van der Waals surface area contributed by atoms with Gasteiger partial charge in [-0.1, -0.05) is 87.5 Å². The van der Waals surface area contributed by atoms with Crippen LogP contribution >= 0.6 is 0 Å². The minimum Gasteiger partial charge on any atom is -0.351 e. The van der Waals surface area contributed by atoms with Crippen molar-refractivity contribution < 1.29 is 35.7 Å². The first-order chi connectivity index (χ1) is 21.5. The van der Waals surface area contributed by atoms with Gasteiger partial charge < -0.3 is 10.6 Å². The Hall–Kier alpha value is -4.48. The second kappa shape index (κ2) is 13.9. The summed E-state index contributed by atoms with van der Waals surface area (Å²) in [7, 11) is -4.22. The van der Waals surface area contributed by atoms with E-state index in [1.807, 2.05) is 36.4 Å². The van der Waals surface area contributed by atoms with Crippen molar-refractivity contribution in [2.75, 3.05) is 17.6 Å². The Morgan fingerprint density at radius 1 is 0.804 bits per heavy atom. The fraction of sp³-hybridized carbons (Fsp3) is 0.257. The summed E-state index contributed by atoms with van der Waals surface area (Å²) in [5, 5.41) is 5.04. The van der Waals surface area contributed by atoms with Gasteiger partial charge in [0, 0.05) is 17.8 Å². The monoisotopic (exact) mass is 652 g/mol. The number of nitrogens with one attached hydrogen (secondary N) is 2. The van der Waals surface area contributed by atoms with Crippen LogP contribution in [0.1, 0.15) is 59.3 Å². The SMILES string of the molecule is CC(C)(C)c1ccc(-c2ccc(C(Cc3ccc(C(=O)NCCS(=O)(=O)O)cc3)C(=O)Nc3cccc(C(F)(F)F)c3)cc2)cc1. The molecule has 0 aliphatic carbocycles. The van der Waals surface area contributed by atoms with Crippen molar-refractivity contribution in [3.05, 3.63) is 125 Å². The number of carbonyl (C=O) groups excluding carboxylic acids is 2. The van der Waals surface area contributed by atoms with Gasteiger partial charge in [-0.2, -0.15) is 21.6 Å². The molecule has 1 atom stereocenters. The molecule has 46 heavy (non-hydrogen) atoms. The van der Waals surface area contributed by atoms with E-state index in [-0.39, 0.29) is 29.6 Å². The highest BCUT2D eigenvalue weighted by atomic mass is 32.2. The molecule has 0 aliphatic heterocycles. The van der Waals surface area contributed by atoms with E-state index < -0.39 is 45.3 Å². The molecule has 0 radical (unpaired) electrons. The van der Waals surface area contributed by atoms with E-state index in [1.54, 1.807) is 12.1 Å². The summed E-state index contributed by atoms with van der Waals surface area (Å²) < 4.78 is 70.6. The van der Waals surface area contributed by atoms with Crippen molar-refractivity contribution in [2.45, 2.75) is 44.7 Å². The number of halogens is 3. The zero-order chi connectivity index (χ0) is 33.7. The van der Waals surface area contributed by atoms with Crippen LogP contribution in [0, 0.1) is 0 Å². The average molecular weight is 653 g/mol. The van der Waals surface area contributed by atoms with Crippen molar-refractivity contribution >= 4 is 27.6 Å². The summed E-state index contributed by atoms with van der Waals surface area (Å²) in [5.74, 6) is -2.46. The third-order valence-electron chi connectivity index (χ3n) is 7.47. The topological polar surface area (TPSA) is 113 Å². The van der Waals surface area contributed by atoms with Gasteiger partial charge in [0.25, 0.3) is 16.0 Å². The molecule has 242 valence electrons. The molecule has 4 aromatic carbocycles. The standard InChI is InChI=1S/C35H35F3N2O5S/c1-34(2,3)28-17-15-25(16-18-28)24-11-13-26(14-12-24)31(33(42)40-30-6-4-5-29(22-30)35(36,37)38)21-23-7-9-27(10-8-23)32(41)39-19-20-46(43,44)45/h4-18,22,31H,19-21H2,1-3H3,(H,39,41)(H,40,42)(H,43,44,45). The number of alkyl halides is 3. The number of rotatable bonds is 10. The highest BCUT2D eigenvalue weighted by molar-refractivity contribution is 7.85. The second-order valence-electron chi connectivity index (χ2n) is 12.0. The Balaban J connectivity index is 1.58. The van der Waals surface area contributed by atoms with Gasteiger partial charge in [0.2, 0.25) is 5.91 Å². The highest BCUT2D eigenvalue weighted by Crippen LogP contribution is 2.32. The van der Waals surface area contributed by atoms with E-state index >= 15 is 0 Å². The maximum absolute atomic E-state index is 13.6. The molecule has 0 spiro atoms. The van der Waals surface area contributed by atoms with Crippen LogP contribution in [0.25, 0.3) is 11.1 Å². The van der Waals surface area contributed by atoms with Crippen LogP contribution < -0.4 is 10.6 Å². The molecule has 2 amide bonds. The lowest BCUT2D eigenvalue weighted by atomic mass is 9.86. The molecule has 4 rings (SSSR count). The summed E-state index contributed by atoms with van der Waals surface area (Å²) in [6.45, 7) is 6.14. The van der Waals surface area contributed by atoms with Crippen LogP contribution in [0.5, 0.6) is 0 Å². The van der Waals surface area contributed by atoms with Gasteiger partial charge in [-0.05, 0) is 70.0 Å². The summed E-state index contributed by atoms with van der Waals surface area (Å²) in [6, 6.07) is 26.4. The molecule has 0 heterocycles. The van der Waals surface area contributed by atoms with Crippen LogP contribution in [0.2, 0.25) is 0 Å². The summed E-state index contributed by atoms with van der Waals surface area (Å²) in [4.78, 5) is 26.0. The average Bonchev–Trinajstić information content (AvgIpc) is 2.99. The summed E-state index contributed by atoms with van der Waals surface area (Å²) in [5.41, 5.74) is 3.83. The number of benzene rings is 4. The Kier molecular flexibility index (Phi) is 10.4. The summed E-state index contributed by atoms with van der Waals surface area (Å²) >= 11 is 0. The molecule has 4 aromatic rings. The quantitative estimate of drug-likeness (QED) is 0.156. The molecule has 0 saturated carbocycles. The predicted molar refractivity (Wildman–Crippen MR) is 172 cm³/mol. The molecule has 7 nitrogen and oxygen atoms in total. The van der Waals surface area contributed by atoms with Crippen molar-refractivity contribution in [1.82, 2.24) is 5.32 Å². The molecule has 3 N–H and O–H groups in total. The van der Waals surface area contributed by atoms with E-state index in [4.69, 9.17) is 4.55 Å². The Bertz CT molecular complexity index is 1780. The maximum atomic E-state index is 13.6. The van der Waals surface area contributed by atoms with Crippen LogP contribution in [0.4, 0.5) is 18.9 Å². The molecule has 0 aliphatic rings. The molecule has 0 aromatic heterocycles. The van der Waals surface area contributed by atoms with Gasteiger partial charge in [-0.3, -0.25) is 14.1 Å². The molecule has 0 bridgehead atoms. The lowest BCUT2D eigenvalue weighted by molar-refractivity contribution is -0.137. The van der Waals surface area contributed by atoms with Crippen molar-refractivity contribution in [2.24, 2.45) is 0 Å². The van der Waals surface area contributed by atoms with E-state index in [1.165, 1.54) is 29.8 Å². The lowest BCUT2D eigenvalue weighted by Gasteiger charge is -2.20. The van der Waals surface area contributed by atoms with Crippen molar-refractivity contribution in [1.29, 1.82) is 0 Å². The van der Waals surface area contributed by atoms with Crippen molar-refractivity contribution in [3.63, 3.8) is 0 Å². The third kappa shape index (κ3) is 9.51. The number of hydrogen-bond acceptors (Lipinski definition) is 4. The van der Waals surface area contributed by atoms with Gasteiger partial charge >= 0.3 is 6.18 Å². The van der Waals surface area contributed by atoms with Gasteiger partial charge in [-0.25, -0.2) is 0 Å². The molecular formula is C35H35F3N2O5S. The zero-order valence-corrected chi connectivity index (χ0v) is 26.4. The fourth-order valence-electron chi connectivity index (χ4n) is 4.86. The van der Waals surface area contributed by atoms with Gasteiger partial charge in [0.1, 0.15) is 0 Å². The minimum absolute atomic E-state index is 0.00762. The Labute approximate surface area is 266 Å². The predicted octanol–water partition coefficient (Wildman–Crippen LogP) is 7.25. The number of carbonyl (C=O) groups is 2. The first kappa shape index (κ1) is 34.4. The number of anilines is 1. The third-order valence-corrected chi connectivity index (χ3v) is 8.19. The molecular weight excluding hydrogens is 617 g/mol. The maximum Gasteiger partial charge on any atom is 0.416 e. The Morgan fingerprint density at radius 2 is 1.39 bits per heavy atom. The first-order valence-corrected chi connectivity index (χ1v) is 16.1. The lowest BCUT2D eigenvalue weighted by Crippen LogP contribution is -2.28. The van der Waals surface area contributed by atoms with Crippen LogP contribution in [-0.4, -0.2) is 37.1 Å². The van der Waals surface area contributed by atoms with Gasteiger partial charge in [0.05, 0.1) is 17.2 Å². The van der Waals surface area contributed by atoms with Gasteiger partial charge in [-0.15, -0.1) is 0 Å². The number of amides is 2. The zero-order valence-electron chi connectivity index (χ0n) is 25.6. The van der Waals surface area contributed by atoms with Crippen LogP contribution in [-0.2, 0) is 32.9 Å². The van der Waals surface area contributed by atoms with E-state index in [0.29, 0.717) is 11.1 Å². The van der Waals surface area contributed by atoms with Crippen LogP contribution in [0.15, 0.2) is 97.1 Å². The first-order valence-electron chi connectivity index (χ1n) is 14.5. The molecule has 1 unspecified atom stereocenters. The fourth-order valence-corrected chi connectivity index (χ4v) is 5.22. The highest BCUT2D eigenvalue weighted by Gasteiger charge is 2.31. The van der Waals surface area contributed by atoms with Crippen LogP contribution in [0.3, 0.4) is 0 Å². The van der Waals surface area contributed by atoms with E-state index in [0.717, 1.165) is 23.3 Å². The molecule has 0 fully saturated rings. The number of hydrogen-bond donors (Lipinski definition) is 3. The summed E-state index contributed by atoms with van der Waals surface area (Å²) in [6.07, 6.45) is -4.39. The minimum atomic E-state index is -4.57. The van der Waals surface area contributed by atoms with Crippen molar-refractivity contribution in [3.8, 4) is 11.1 Å². The smallest absolute Gasteiger partial charge is 0.351 e. The van der Waals surface area contributed by atoms with Gasteiger partial charge in [0.15, 0.2) is 0 Å². The largest absolute Gasteiger partial charge is 0.416 e.